The van der Waals surface area contributed by atoms with Crippen molar-refractivity contribution in [1.82, 2.24) is 15.0 Å². The highest BCUT2D eigenvalue weighted by atomic mass is 16.5. The minimum Gasteiger partial charge on any atom is -0.377 e. The average Bonchev–Trinajstić information content (AvgIpc) is 2.48. The standard InChI is InChI=1S/C14H16N4O2/c1-10-8-20-3-2-18(10)12-4-13(17-14(19)5-12)11-6-15-9-16-7-11/h4-7,9-10H,2-3,8H2,1H3,(H,17,19). The maximum Gasteiger partial charge on any atom is 0.250 e. The summed E-state index contributed by atoms with van der Waals surface area (Å²) in [5, 5.41) is 0. The van der Waals surface area contributed by atoms with Crippen molar-refractivity contribution in [3.05, 3.63) is 41.2 Å². The van der Waals surface area contributed by atoms with Crippen LogP contribution in [0.25, 0.3) is 11.3 Å². The molecule has 3 rings (SSSR count). The number of morpholine rings is 1. The van der Waals surface area contributed by atoms with Crippen LogP contribution < -0.4 is 10.5 Å². The summed E-state index contributed by atoms with van der Waals surface area (Å²) in [5.74, 6) is 0. The summed E-state index contributed by atoms with van der Waals surface area (Å²) in [6, 6.07) is 3.84. The second kappa shape index (κ2) is 5.42. The molecule has 20 heavy (non-hydrogen) atoms. The maximum absolute atomic E-state index is 11.9. The molecule has 0 spiro atoms. The summed E-state index contributed by atoms with van der Waals surface area (Å²) in [6.07, 6.45) is 4.84. The van der Waals surface area contributed by atoms with E-state index in [-0.39, 0.29) is 11.6 Å². The quantitative estimate of drug-likeness (QED) is 0.885. The number of nitrogens with zero attached hydrogens (tertiary/aromatic N) is 3. The van der Waals surface area contributed by atoms with E-state index in [4.69, 9.17) is 4.74 Å². The molecule has 0 aromatic carbocycles. The van der Waals surface area contributed by atoms with Crippen LogP contribution in [0.15, 0.2) is 35.6 Å². The summed E-state index contributed by atoms with van der Waals surface area (Å²) >= 11 is 0. The SMILES string of the molecule is CC1COCCN1c1cc(-c2cncnc2)[nH]c(=O)c1. The first-order valence-electron chi connectivity index (χ1n) is 6.58. The smallest absolute Gasteiger partial charge is 0.250 e. The molecular weight excluding hydrogens is 256 g/mol. The number of nitrogens with one attached hydrogen (secondary N) is 1. The van der Waals surface area contributed by atoms with Crippen LogP contribution in [0.3, 0.4) is 0 Å². The Balaban J connectivity index is 2.01. The van der Waals surface area contributed by atoms with Crippen molar-refractivity contribution in [2.75, 3.05) is 24.7 Å². The molecule has 0 aliphatic carbocycles. The fourth-order valence-electron chi connectivity index (χ4n) is 2.40. The Morgan fingerprint density at radius 3 is 2.90 bits per heavy atom. The fraction of sp³-hybridized carbons (Fsp3) is 0.357. The maximum atomic E-state index is 11.9. The number of ether oxygens (including phenoxy) is 1. The Morgan fingerprint density at radius 1 is 1.35 bits per heavy atom. The third kappa shape index (κ3) is 2.55. The van der Waals surface area contributed by atoms with Gasteiger partial charge in [0, 0.05) is 42.3 Å². The summed E-state index contributed by atoms with van der Waals surface area (Å²) in [5.41, 5.74) is 2.31. The van der Waals surface area contributed by atoms with Gasteiger partial charge in [-0.25, -0.2) is 9.97 Å². The zero-order valence-electron chi connectivity index (χ0n) is 11.2. The van der Waals surface area contributed by atoms with Gasteiger partial charge in [0.15, 0.2) is 0 Å². The number of anilines is 1. The minimum atomic E-state index is -0.125. The predicted octanol–water partition coefficient (Wildman–Crippen LogP) is 1.06. The van der Waals surface area contributed by atoms with Gasteiger partial charge in [-0.05, 0) is 13.0 Å². The van der Waals surface area contributed by atoms with E-state index in [1.165, 1.54) is 6.33 Å². The van der Waals surface area contributed by atoms with Gasteiger partial charge in [0.05, 0.1) is 18.9 Å². The lowest BCUT2D eigenvalue weighted by Gasteiger charge is -2.35. The molecule has 6 nitrogen and oxygen atoms in total. The lowest BCUT2D eigenvalue weighted by atomic mass is 10.1. The number of pyridine rings is 1. The normalized spacial score (nSPS) is 19.1. The topological polar surface area (TPSA) is 71.1 Å². The van der Waals surface area contributed by atoms with Crippen molar-refractivity contribution in [2.45, 2.75) is 13.0 Å². The Labute approximate surface area is 116 Å². The molecule has 2 aromatic rings. The molecule has 1 unspecified atom stereocenters. The highest BCUT2D eigenvalue weighted by molar-refractivity contribution is 5.63. The molecule has 6 heteroatoms. The molecule has 1 aliphatic heterocycles. The van der Waals surface area contributed by atoms with Crippen LogP contribution in [-0.4, -0.2) is 40.8 Å². The first-order chi connectivity index (χ1) is 9.74. The van der Waals surface area contributed by atoms with E-state index >= 15 is 0 Å². The van der Waals surface area contributed by atoms with Crippen molar-refractivity contribution >= 4 is 5.69 Å². The van der Waals surface area contributed by atoms with Gasteiger partial charge in [-0.3, -0.25) is 4.79 Å². The number of hydrogen-bond acceptors (Lipinski definition) is 5. The largest absolute Gasteiger partial charge is 0.377 e. The van der Waals surface area contributed by atoms with E-state index in [1.807, 2.05) is 6.07 Å². The van der Waals surface area contributed by atoms with Crippen molar-refractivity contribution in [3.8, 4) is 11.3 Å². The Hall–Kier alpha value is -2.21. The third-order valence-electron chi connectivity index (χ3n) is 3.40. The third-order valence-corrected chi connectivity index (χ3v) is 3.40. The molecular formula is C14H16N4O2. The van der Waals surface area contributed by atoms with Crippen LogP contribution in [0.2, 0.25) is 0 Å². The van der Waals surface area contributed by atoms with Crippen molar-refractivity contribution in [3.63, 3.8) is 0 Å². The molecule has 0 amide bonds. The Morgan fingerprint density at radius 2 is 2.15 bits per heavy atom. The van der Waals surface area contributed by atoms with Crippen LogP contribution in [-0.2, 0) is 4.74 Å². The van der Waals surface area contributed by atoms with Crippen molar-refractivity contribution < 1.29 is 4.74 Å². The van der Waals surface area contributed by atoms with Crippen LogP contribution in [0.4, 0.5) is 5.69 Å². The van der Waals surface area contributed by atoms with Crippen LogP contribution >= 0.6 is 0 Å². The second-order valence-electron chi connectivity index (χ2n) is 4.86. The van der Waals surface area contributed by atoms with Gasteiger partial charge in [-0.2, -0.15) is 0 Å². The second-order valence-corrected chi connectivity index (χ2v) is 4.86. The summed E-state index contributed by atoms with van der Waals surface area (Å²) in [6.45, 7) is 4.23. The Bertz CT molecular complexity index is 641. The minimum absolute atomic E-state index is 0.125. The highest BCUT2D eigenvalue weighted by Crippen LogP contribution is 2.22. The van der Waals surface area contributed by atoms with Crippen LogP contribution in [0.1, 0.15) is 6.92 Å². The summed E-state index contributed by atoms with van der Waals surface area (Å²) in [7, 11) is 0. The summed E-state index contributed by atoms with van der Waals surface area (Å²) in [4.78, 5) is 24.9. The monoisotopic (exact) mass is 272 g/mol. The predicted molar refractivity (Wildman–Crippen MR) is 75.7 cm³/mol. The number of aromatic nitrogens is 3. The lowest BCUT2D eigenvalue weighted by molar-refractivity contribution is 0.0989. The molecule has 0 saturated carbocycles. The molecule has 1 saturated heterocycles. The van der Waals surface area contributed by atoms with Crippen LogP contribution in [0.5, 0.6) is 0 Å². The molecule has 2 aromatic heterocycles. The van der Waals surface area contributed by atoms with Gasteiger partial charge >= 0.3 is 0 Å². The van der Waals surface area contributed by atoms with Gasteiger partial charge in [0.25, 0.3) is 0 Å². The molecule has 1 N–H and O–H groups in total. The van der Waals surface area contributed by atoms with Gasteiger partial charge in [0.1, 0.15) is 6.33 Å². The first kappa shape index (κ1) is 12.8. The van der Waals surface area contributed by atoms with Crippen molar-refractivity contribution in [2.24, 2.45) is 0 Å². The highest BCUT2D eigenvalue weighted by Gasteiger charge is 2.20. The fourth-order valence-corrected chi connectivity index (χ4v) is 2.40. The summed E-state index contributed by atoms with van der Waals surface area (Å²) < 4.78 is 5.43. The number of rotatable bonds is 2. The van der Waals surface area contributed by atoms with E-state index in [2.05, 4.69) is 26.8 Å². The average molecular weight is 272 g/mol. The van der Waals surface area contributed by atoms with E-state index in [1.54, 1.807) is 18.5 Å². The molecule has 1 aliphatic rings. The molecule has 0 bridgehead atoms. The molecule has 3 heterocycles. The number of hydrogen-bond donors (Lipinski definition) is 1. The van der Waals surface area contributed by atoms with Crippen LogP contribution in [0, 0.1) is 0 Å². The molecule has 1 fully saturated rings. The van der Waals surface area contributed by atoms with Gasteiger partial charge in [-0.15, -0.1) is 0 Å². The Kier molecular flexibility index (Phi) is 3.47. The van der Waals surface area contributed by atoms with E-state index in [0.29, 0.717) is 13.2 Å². The van der Waals surface area contributed by atoms with Crippen molar-refractivity contribution in [1.29, 1.82) is 0 Å². The van der Waals surface area contributed by atoms with E-state index in [0.717, 1.165) is 23.5 Å². The number of aromatic amines is 1. The lowest BCUT2D eigenvalue weighted by Crippen LogP contribution is -2.44. The molecule has 0 radical (unpaired) electrons. The zero-order valence-corrected chi connectivity index (χ0v) is 11.2. The molecule has 104 valence electrons. The first-order valence-corrected chi connectivity index (χ1v) is 6.58. The van der Waals surface area contributed by atoms with E-state index in [9.17, 15) is 4.79 Å². The van der Waals surface area contributed by atoms with Gasteiger partial charge < -0.3 is 14.6 Å². The zero-order chi connectivity index (χ0) is 13.9. The molecule has 1 atom stereocenters. The number of H-pyrrole nitrogens is 1. The van der Waals surface area contributed by atoms with Gasteiger partial charge in [0.2, 0.25) is 5.56 Å². The van der Waals surface area contributed by atoms with Gasteiger partial charge in [-0.1, -0.05) is 0 Å². The van der Waals surface area contributed by atoms with E-state index < -0.39 is 0 Å².